The maximum atomic E-state index is 5.30. The molecule has 1 aliphatic carbocycles. The molecule has 0 bridgehead atoms. The summed E-state index contributed by atoms with van der Waals surface area (Å²) < 4.78 is 5.30. The fraction of sp³-hybridized carbons (Fsp3) is 0.364. The number of allylic oxidation sites excluding steroid dienone is 2. The summed E-state index contributed by atoms with van der Waals surface area (Å²) in [7, 11) is 1.72. The van der Waals surface area contributed by atoms with E-state index in [0.29, 0.717) is 5.92 Å². The Bertz CT molecular complexity index is 633. The van der Waals surface area contributed by atoms with Crippen LogP contribution in [0.5, 0.6) is 5.75 Å². The third-order valence-electron chi connectivity index (χ3n) is 5.06. The summed E-state index contributed by atoms with van der Waals surface area (Å²) in [5.41, 5.74) is 4.23. The van der Waals surface area contributed by atoms with Gasteiger partial charge in [-0.25, -0.2) is 0 Å². The van der Waals surface area contributed by atoms with E-state index in [1.165, 1.54) is 36.8 Å². The van der Waals surface area contributed by atoms with Gasteiger partial charge in [-0.05, 0) is 48.9 Å². The molecule has 0 heterocycles. The summed E-state index contributed by atoms with van der Waals surface area (Å²) in [6.45, 7) is 2.31. The van der Waals surface area contributed by atoms with E-state index in [1.807, 2.05) is 0 Å². The Morgan fingerprint density at radius 3 is 2.17 bits per heavy atom. The molecular weight excluding hydrogens is 280 g/mol. The highest BCUT2D eigenvalue weighted by atomic mass is 16.5. The second-order valence-corrected chi connectivity index (χ2v) is 6.55. The van der Waals surface area contributed by atoms with Gasteiger partial charge < -0.3 is 4.74 Å². The maximum Gasteiger partial charge on any atom is 0.118 e. The predicted molar refractivity (Wildman–Crippen MR) is 97.0 cm³/mol. The Morgan fingerprint density at radius 2 is 1.57 bits per heavy atom. The highest BCUT2D eigenvalue weighted by molar-refractivity contribution is 5.40. The van der Waals surface area contributed by atoms with Crippen molar-refractivity contribution in [2.45, 2.75) is 38.5 Å². The van der Waals surface area contributed by atoms with Gasteiger partial charge in [-0.15, -0.1) is 0 Å². The van der Waals surface area contributed by atoms with Crippen molar-refractivity contribution < 1.29 is 4.74 Å². The molecule has 0 radical (unpaired) electrons. The van der Waals surface area contributed by atoms with Crippen LogP contribution in [0.15, 0.2) is 66.2 Å². The van der Waals surface area contributed by atoms with E-state index >= 15 is 0 Å². The van der Waals surface area contributed by atoms with Gasteiger partial charge in [0.1, 0.15) is 5.75 Å². The van der Waals surface area contributed by atoms with Gasteiger partial charge in [-0.3, -0.25) is 0 Å². The zero-order valence-electron chi connectivity index (χ0n) is 14.2. The molecule has 2 aromatic rings. The van der Waals surface area contributed by atoms with Gasteiger partial charge in [-0.2, -0.15) is 0 Å². The van der Waals surface area contributed by atoms with E-state index < -0.39 is 0 Å². The molecule has 0 spiro atoms. The van der Waals surface area contributed by atoms with Gasteiger partial charge >= 0.3 is 0 Å². The zero-order chi connectivity index (χ0) is 16.1. The van der Waals surface area contributed by atoms with Gasteiger partial charge in [0.2, 0.25) is 0 Å². The van der Waals surface area contributed by atoms with Crippen LogP contribution in [-0.4, -0.2) is 7.11 Å². The summed E-state index contributed by atoms with van der Waals surface area (Å²) in [4.78, 5) is 0. The zero-order valence-corrected chi connectivity index (χ0v) is 14.2. The highest BCUT2D eigenvalue weighted by Crippen LogP contribution is 2.35. The van der Waals surface area contributed by atoms with Crippen molar-refractivity contribution >= 4 is 0 Å². The van der Waals surface area contributed by atoms with Crippen LogP contribution in [0.4, 0.5) is 0 Å². The smallest absolute Gasteiger partial charge is 0.118 e. The molecule has 1 heteroatoms. The van der Waals surface area contributed by atoms with Crippen molar-refractivity contribution in [1.82, 2.24) is 0 Å². The Kier molecular flexibility index (Phi) is 5.17. The first-order valence-electron chi connectivity index (χ1n) is 8.65. The number of rotatable bonds is 5. The molecule has 1 atom stereocenters. The molecular formula is C22H26O. The van der Waals surface area contributed by atoms with Crippen molar-refractivity contribution in [3.63, 3.8) is 0 Å². The molecule has 0 saturated heterocycles. The fourth-order valence-electron chi connectivity index (χ4n) is 3.64. The molecule has 0 amide bonds. The Balaban J connectivity index is 1.94. The number of hydrogen-bond donors (Lipinski definition) is 0. The average Bonchev–Trinajstić information content (AvgIpc) is 3.15. The largest absolute Gasteiger partial charge is 0.497 e. The summed E-state index contributed by atoms with van der Waals surface area (Å²) in [5.74, 6) is 2.01. The van der Waals surface area contributed by atoms with E-state index in [9.17, 15) is 0 Å². The second kappa shape index (κ2) is 7.50. The SMILES string of the molecule is COc1ccc(C(C=C(C)C2CCCC2)c2ccccc2)cc1. The normalized spacial score (nSPS) is 17.2. The average molecular weight is 306 g/mol. The van der Waals surface area contributed by atoms with Crippen LogP contribution in [0, 0.1) is 5.92 Å². The van der Waals surface area contributed by atoms with Gasteiger partial charge in [0, 0.05) is 5.92 Å². The van der Waals surface area contributed by atoms with E-state index in [2.05, 4.69) is 67.6 Å². The molecule has 1 unspecified atom stereocenters. The topological polar surface area (TPSA) is 9.23 Å². The quantitative estimate of drug-likeness (QED) is 0.619. The number of hydrogen-bond acceptors (Lipinski definition) is 1. The minimum Gasteiger partial charge on any atom is -0.497 e. The minimum atomic E-state index is 0.322. The molecule has 3 rings (SSSR count). The lowest BCUT2D eigenvalue weighted by molar-refractivity contribution is 0.414. The van der Waals surface area contributed by atoms with Crippen LogP contribution in [0.2, 0.25) is 0 Å². The standard InChI is InChI=1S/C22H26O/c1-17(18-8-6-7-9-18)16-22(19-10-4-3-5-11-19)20-12-14-21(23-2)15-13-20/h3-5,10-16,18,22H,6-9H2,1-2H3. The molecule has 1 nitrogen and oxygen atoms in total. The third-order valence-corrected chi connectivity index (χ3v) is 5.06. The summed E-state index contributed by atoms with van der Waals surface area (Å²) in [6, 6.07) is 19.3. The molecule has 2 aromatic carbocycles. The fourth-order valence-corrected chi connectivity index (χ4v) is 3.64. The summed E-state index contributed by atoms with van der Waals surface area (Å²) in [5, 5.41) is 0. The molecule has 120 valence electrons. The Hall–Kier alpha value is -2.02. The highest BCUT2D eigenvalue weighted by Gasteiger charge is 2.19. The first kappa shape index (κ1) is 15.9. The van der Waals surface area contributed by atoms with Crippen molar-refractivity contribution in [1.29, 1.82) is 0 Å². The van der Waals surface area contributed by atoms with E-state index in [1.54, 1.807) is 12.7 Å². The van der Waals surface area contributed by atoms with Crippen LogP contribution in [0.3, 0.4) is 0 Å². The molecule has 1 saturated carbocycles. The van der Waals surface area contributed by atoms with Crippen molar-refractivity contribution in [3.8, 4) is 5.75 Å². The first-order chi connectivity index (χ1) is 11.3. The number of benzene rings is 2. The lowest BCUT2D eigenvalue weighted by atomic mass is 9.86. The van der Waals surface area contributed by atoms with Gasteiger partial charge in [0.15, 0.2) is 0 Å². The van der Waals surface area contributed by atoms with Crippen molar-refractivity contribution in [2.75, 3.05) is 7.11 Å². The van der Waals surface area contributed by atoms with Gasteiger partial charge in [-0.1, -0.05) is 67.0 Å². The number of ether oxygens (including phenoxy) is 1. The lowest BCUT2D eigenvalue weighted by Crippen LogP contribution is -2.02. The Labute approximate surface area is 140 Å². The van der Waals surface area contributed by atoms with E-state index in [0.717, 1.165) is 11.7 Å². The van der Waals surface area contributed by atoms with Gasteiger partial charge in [0.05, 0.1) is 7.11 Å². The molecule has 0 aliphatic heterocycles. The second-order valence-electron chi connectivity index (χ2n) is 6.55. The monoisotopic (exact) mass is 306 g/mol. The summed E-state index contributed by atoms with van der Waals surface area (Å²) in [6.07, 6.45) is 7.95. The van der Waals surface area contributed by atoms with Crippen molar-refractivity contribution in [2.24, 2.45) is 5.92 Å². The Morgan fingerprint density at radius 1 is 0.957 bits per heavy atom. The molecule has 23 heavy (non-hydrogen) atoms. The van der Waals surface area contributed by atoms with Crippen LogP contribution < -0.4 is 4.74 Å². The van der Waals surface area contributed by atoms with Crippen LogP contribution in [0.25, 0.3) is 0 Å². The van der Waals surface area contributed by atoms with Crippen LogP contribution in [0.1, 0.15) is 49.7 Å². The first-order valence-corrected chi connectivity index (χ1v) is 8.65. The lowest BCUT2D eigenvalue weighted by Gasteiger charge is -2.18. The minimum absolute atomic E-state index is 0.322. The van der Waals surface area contributed by atoms with Crippen molar-refractivity contribution in [3.05, 3.63) is 77.4 Å². The number of methoxy groups -OCH3 is 1. The molecule has 1 fully saturated rings. The van der Waals surface area contributed by atoms with E-state index in [-0.39, 0.29) is 0 Å². The van der Waals surface area contributed by atoms with Crippen LogP contribution >= 0.6 is 0 Å². The maximum absolute atomic E-state index is 5.30. The van der Waals surface area contributed by atoms with Crippen LogP contribution in [-0.2, 0) is 0 Å². The van der Waals surface area contributed by atoms with E-state index in [4.69, 9.17) is 4.74 Å². The summed E-state index contributed by atoms with van der Waals surface area (Å²) >= 11 is 0. The molecule has 1 aliphatic rings. The molecule has 0 aromatic heterocycles. The van der Waals surface area contributed by atoms with Gasteiger partial charge in [0.25, 0.3) is 0 Å². The predicted octanol–water partition coefficient (Wildman–Crippen LogP) is 5.96. The molecule has 0 N–H and O–H groups in total. The third kappa shape index (κ3) is 3.85.